The van der Waals surface area contributed by atoms with Crippen molar-refractivity contribution in [1.29, 1.82) is 0 Å². The van der Waals surface area contributed by atoms with E-state index < -0.39 is 0 Å². The summed E-state index contributed by atoms with van der Waals surface area (Å²) in [6, 6.07) is 13.1. The van der Waals surface area contributed by atoms with Crippen LogP contribution in [0.1, 0.15) is 35.5 Å². The maximum absolute atomic E-state index is 12.8. The van der Waals surface area contributed by atoms with Gasteiger partial charge in [-0.05, 0) is 37.5 Å². The molecule has 0 unspecified atom stereocenters. The van der Waals surface area contributed by atoms with E-state index in [0.717, 1.165) is 11.3 Å². The van der Waals surface area contributed by atoms with E-state index in [1.807, 2.05) is 39.8 Å². The topological polar surface area (TPSA) is 73.2 Å². The molecule has 3 rings (SSSR count). The van der Waals surface area contributed by atoms with Gasteiger partial charge in [0.2, 0.25) is 0 Å². The maximum Gasteiger partial charge on any atom is 0.274 e. The van der Waals surface area contributed by atoms with Crippen LogP contribution in [0.15, 0.2) is 47.3 Å². The van der Waals surface area contributed by atoms with Gasteiger partial charge in [0.25, 0.3) is 11.5 Å². The highest BCUT2D eigenvalue weighted by Gasteiger charge is 2.16. The number of aromatic nitrogens is 2. The Morgan fingerprint density at radius 3 is 2.55 bits per heavy atom. The molecule has 1 amide bonds. The van der Waals surface area contributed by atoms with Gasteiger partial charge in [0, 0.05) is 11.9 Å². The third kappa shape index (κ3) is 4.83. The Balaban J connectivity index is 1.74. The number of nitrogens with one attached hydrogen (secondary N) is 1. The molecule has 0 bridgehead atoms. The highest BCUT2D eigenvalue weighted by Crippen LogP contribution is 2.18. The van der Waals surface area contributed by atoms with Gasteiger partial charge < -0.3 is 10.1 Å². The average Bonchev–Trinajstić information content (AvgIpc) is 2.68. The fourth-order valence-electron chi connectivity index (χ4n) is 3.24. The molecule has 152 valence electrons. The van der Waals surface area contributed by atoms with E-state index in [1.165, 1.54) is 10.2 Å². The number of nitrogens with zero attached hydrogens (tertiary/aromatic N) is 2. The van der Waals surface area contributed by atoms with Crippen molar-refractivity contribution in [3.8, 4) is 5.75 Å². The molecule has 0 aliphatic heterocycles. The summed E-state index contributed by atoms with van der Waals surface area (Å²) in [7, 11) is 0. The molecule has 29 heavy (non-hydrogen) atoms. The van der Waals surface area contributed by atoms with E-state index in [-0.39, 0.29) is 23.1 Å². The SMILES string of the molecule is Cc1ccc(OCCNC(=O)c2nn(CC(C)C)c(=O)c3ccccc23)c(C)c1. The molecule has 0 fully saturated rings. The molecule has 0 saturated carbocycles. The van der Waals surface area contributed by atoms with Gasteiger partial charge in [-0.25, -0.2) is 4.68 Å². The summed E-state index contributed by atoms with van der Waals surface area (Å²) in [6.07, 6.45) is 0. The lowest BCUT2D eigenvalue weighted by Gasteiger charge is -2.13. The van der Waals surface area contributed by atoms with Crippen LogP contribution in [-0.4, -0.2) is 28.8 Å². The normalized spacial score (nSPS) is 11.1. The van der Waals surface area contributed by atoms with E-state index in [9.17, 15) is 9.59 Å². The zero-order chi connectivity index (χ0) is 21.0. The molecule has 0 radical (unpaired) electrons. The maximum atomic E-state index is 12.8. The summed E-state index contributed by atoms with van der Waals surface area (Å²) < 4.78 is 7.15. The number of ether oxygens (including phenoxy) is 1. The van der Waals surface area contributed by atoms with E-state index in [1.54, 1.807) is 24.3 Å². The molecule has 6 heteroatoms. The van der Waals surface area contributed by atoms with E-state index >= 15 is 0 Å². The van der Waals surface area contributed by atoms with Crippen molar-refractivity contribution >= 4 is 16.7 Å². The van der Waals surface area contributed by atoms with Gasteiger partial charge in [-0.15, -0.1) is 0 Å². The van der Waals surface area contributed by atoms with Gasteiger partial charge in [-0.2, -0.15) is 5.10 Å². The van der Waals surface area contributed by atoms with Crippen LogP contribution < -0.4 is 15.6 Å². The van der Waals surface area contributed by atoms with Crippen LogP contribution in [0.3, 0.4) is 0 Å². The second-order valence-electron chi connectivity index (χ2n) is 7.65. The molecule has 0 saturated heterocycles. The second kappa shape index (κ2) is 8.90. The zero-order valence-corrected chi connectivity index (χ0v) is 17.4. The van der Waals surface area contributed by atoms with E-state index in [0.29, 0.717) is 30.5 Å². The molecule has 0 aliphatic carbocycles. The number of hydrogen-bond donors (Lipinski definition) is 1. The molecule has 1 N–H and O–H groups in total. The van der Waals surface area contributed by atoms with Crippen LogP contribution in [-0.2, 0) is 6.54 Å². The summed E-state index contributed by atoms with van der Waals surface area (Å²) in [4.78, 5) is 25.4. The standard InChI is InChI=1S/C23H27N3O3/c1-15(2)14-26-23(28)19-8-6-5-7-18(19)21(25-26)22(27)24-11-12-29-20-10-9-16(3)13-17(20)4/h5-10,13,15H,11-12,14H2,1-4H3,(H,24,27). The number of fused-ring (bicyclic) bond motifs is 1. The van der Waals surface area contributed by atoms with Gasteiger partial charge in [-0.3, -0.25) is 9.59 Å². The van der Waals surface area contributed by atoms with E-state index in [2.05, 4.69) is 16.5 Å². The number of rotatable bonds is 7. The summed E-state index contributed by atoms with van der Waals surface area (Å²) in [6.45, 7) is 9.19. The summed E-state index contributed by atoms with van der Waals surface area (Å²) in [5, 5.41) is 8.26. The van der Waals surface area contributed by atoms with Crippen molar-refractivity contribution in [3.63, 3.8) is 0 Å². The highest BCUT2D eigenvalue weighted by atomic mass is 16.5. The first-order valence-corrected chi connectivity index (χ1v) is 9.85. The molecule has 2 aromatic carbocycles. The second-order valence-corrected chi connectivity index (χ2v) is 7.65. The fourth-order valence-corrected chi connectivity index (χ4v) is 3.24. The van der Waals surface area contributed by atoms with E-state index in [4.69, 9.17) is 4.74 Å². The van der Waals surface area contributed by atoms with Crippen molar-refractivity contribution in [1.82, 2.24) is 15.1 Å². The Kier molecular flexibility index (Phi) is 6.32. The summed E-state index contributed by atoms with van der Waals surface area (Å²) in [5.41, 5.74) is 2.32. The molecule has 1 aromatic heterocycles. The quantitative estimate of drug-likeness (QED) is 0.624. The minimum Gasteiger partial charge on any atom is -0.491 e. The molecular formula is C23H27N3O3. The third-order valence-corrected chi connectivity index (χ3v) is 4.60. The fraction of sp³-hybridized carbons (Fsp3) is 0.348. The minimum atomic E-state index is -0.317. The molecule has 0 spiro atoms. The molecule has 6 nitrogen and oxygen atoms in total. The van der Waals surface area contributed by atoms with Gasteiger partial charge >= 0.3 is 0 Å². The molecule has 1 heterocycles. The van der Waals surface area contributed by atoms with Gasteiger partial charge in [0.15, 0.2) is 5.69 Å². The first kappa shape index (κ1) is 20.6. The van der Waals surface area contributed by atoms with Crippen molar-refractivity contribution in [2.24, 2.45) is 5.92 Å². The number of amides is 1. The van der Waals surface area contributed by atoms with Gasteiger partial charge in [0.05, 0.1) is 11.9 Å². The lowest BCUT2D eigenvalue weighted by atomic mass is 10.1. The Hall–Kier alpha value is -3.15. The van der Waals surface area contributed by atoms with Crippen LogP contribution in [0.4, 0.5) is 0 Å². The van der Waals surface area contributed by atoms with Crippen LogP contribution in [0.25, 0.3) is 10.8 Å². The van der Waals surface area contributed by atoms with Crippen LogP contribution in [0, 0.1) is 19.8 Å². The molecule has 0 aliphatic rings. The Labute approximate surface area is 170 Å². The van der Waals surface area contributed by atoms with Crippen LogP contribution in [0.2, 0.25) is 0 Å². The lowest BCUT2D eigenvalue weighted by Crippen LogP contribution is -2.33. The summed E-state index contributed by atoms with van der Waals surface area (Å²) >= 11 is 0. The molecular weight excluding hydrogens is 366 g/mol. The number of carbonyl (C=O) groups excluding carboxylic acids is 1. The molecule has 3 aromatic rings. The largest absolute Gasteiger partial charge is 0.491 e. The first-order chi connectivity index (χ1) is 13.9. The van der Waals surface area contributed by atoms with Gasteiger partial charge in [0.1, 0.15) is 12.4 Å². The number of aryl methyl sites for hydroxylation is 2. The average molecular weight is 393 g/mol. The molecule has 0 atom stereocenters. The Bertz CT molecular complexity index is 1090. The van der Waals surface area contributed by atoms with Crippen LogP contribution in [0.5, 0.6) is 5.75 Å². The van der Waals surface area contributed by atoms with Crippen molar-refractivity contribution in [3.05, 3.63) is 69.6 Å². The predicted octanol–water partition coefficient (Wildman–Crippen LogP) is 3.48. The Morgan fingerprint density at radius 2 is 1.86 bits per heavy atom. The van der Waals surface area contributed by atoms with Crippen molar-refractivity contribution < 1.29 is 9.53 Å². The minimum absolute atomic E-state index is 0.177. The highest BCUT2D eigenvalue weighted by molar-refractivity contribution is 6.04. The predicted molar refractivity (Wildman–Crippen MR) is 115 cm³/mol. The zero-order valence-electron chi connectivity index (χ0n) is 17.4. The first-order valence-electron chi connectivity index (χ1n) is 9.85. The number of carbonyl (C=O) groups is 1. The van der Waals surface area contributed by atoms with Gasteiger partial charge in [-0.1, -0.05) is 49.7 Å². The van der Waals surface area contributed by atoms with Crippen molar-refractivity contribution in [2.75, 3.05) is 13.2 Å². The monoisotopic (exact) mass is 393 g/mol. The number of benzene rings is 2. The third-order valence-electron chi connectivity index (χ3n) is 4.60. The summed E-state index contributed by atoms with van der Waals surface area (Å²) in [5.74, 6) is 0.727. The number of hydrogen-bond acceptors (Lipinski definition) is 4. The van der Waals surface area contributed by atoms with Crippen molar-refractivity contribution in [2.45, 2.75) is 34.2 Å². The lowest BCUT2D eigenvalue weighted by molar-refractivity contribution is 0.0941. The van der Waals surface area contributed by atoms with Crippen LogP contribution >= 0.6 is 0 Å². The smallest absolute Gasteiger partial charge is 0.274 e. The Morgan fingerprint density at radius 1 is 1.14 bits per heavy atom.